The van der Waals surface area contributed by atoms with E-state index in [1.165, 1.54) is 75.6 Å². The van der Waals surface area contributed by atoms with Crippen LogP contribution in [0.2, 0.25) is 0 Å². The summed E-state index contributed by atoms with van der Waals surface area (Å²) in [4.78, 5) is 0. The van der Waals surface area contributed by atoms with Crippen LogP contribution < -0.4 is 9.47 Å². The van der Waals surface area contributed by atoms with Gasteiger partial charge in [-0.05, 0) is 61.1 Å². The summed E-state index contributed by atoms with van der Waals surface area (Å²) in [5.41, 5.74) is 1.83. The standard InChI is InChI=1S/C35H46F6O2/c1-3-5-7-9-11-13-15-17-27-19-23-29(24-20-27)42-31-32(34(38,39)35(40,41)33(31,36)37)43-30-25-21-28(22-26-30)18-16-14-12-10-8-6-4-2/h19-26H,3-18H2,1-2H3. The van der Waals surface area contributed by atoms with E-state index in [1.54, 1.807) is 24.3 Å². The SMILES string of the molecule is CCCCCCCCCc1ccc(OC2=C(Oc3ccc(CCCCCCCCC)cc3)C(F)(F)C(F)(F)C2(F)F)cc1. The van der Waals surface area contributed by atoms with Crippen LogP contribution in [0.25, 0.3) is 0 Å². The number of alkyl halides is 6. The molecule has 0 bridgehead atoms. The molecule has 1 aliphatic rings. The lowest BCUT2D eigenvalue weighted by Gasteiger charge is -2.24. The van der Waals surface area contributed by atoms with Gasteiger partial charge in [0.05, 0.1) is 0 Å². The van der Waals surface area contributed by atoms with Gasteiger partial charge in [0.2, 0.25) is 11.5 Å². The predicted molar refractivity (Wildman–Crippen MR) is 159 cm³/mol. The molecule has 2 aromatic rings. The van der Waals surface area contributed by atoms with Crippen molar-refractivity contribution in [2.24, 2.45) is 0 Å². The maximum atomic E-state index is 14.8. The largest absolute Gasteiger partial charge is 0.451 e. The molecule has 0 atom stereocenters. The van der Waals surface area contributed by atoms with E-state index >= 15 is 0 Å². The molecule has 0 saturated heterocycles. The molecule has 0 radical (unpaired) electrons. The van der Waals surface area contributed by atoms with Crippen LogP contribution >= 0.6 is 0 Å². The molecule has 240 valence electrons. The van der Waals surface area contributed by atoms with Crippen LogP contribution in [0.1, 0.15) is 115 Å². The second-order valence-electron chi connectivity index (χ2n) is 11.6. The molecule has 0 spiro atoms. The topological polar surface area (TPSA) is 18.5 Å². The van der Waals surface area contributed by atoms with E-state index in [4.69, 9.17) is 9.47 Å². The number of unbranched alkanes of at least 4 members (excludes halogenated alkanes) is 12. The van der Waals surface area contributed by atoms with E-state index in [0.29, 0.717) is 0 Å². The third-order valence-corrected chi connectivity index (χ3v) is 7.99. The second-order valence-corrected chi connectivity index (χ2v) is 11.6. The summed E-state index contributed by atoms with van der Waals surface area (Å²) >= 11 is 0. The molecule has 43 heavy (non-hydrogen) atoms. The highest BCUT2D eigenvalue weighted by molar-refractivity contribution is 5.41. The van der Waals surface area contributed by atoms with Gasteiger partial charge in [0.25, 0.3) is 0 Å². The Morgan fingerprint density at radius 2 is 0.744 bits per heavy atom. The highest BCUT2D eigenvalue weighted by atomic mass is 19.3. The summed E-state index contributed by atoms with van der Waals surface area (Å²) in [6.07, 6.45) is 17.5. The van der Waals surface area contributed by atoms with Gasteiger partial charge in [-0.15, -0.1) is 0 Å². The first-order valence-corrected chi connectivity index (χ1v) is 16.0. The van der Waals surface area contributed by atoms with Crippen molar-refractivity contribution in [3.63, 3.8) is 0 Å². The van der Waals surface area contributed by atoms with Crippen molar-refractivity contribution in [3.8, 4) is 11.5 Å². The number of allylic oxidation sites excluding steroid dienone is 2. The first-order chi connectivity index (χ1) is 20.5. The van der Waals surface area contributed by atoms with Crippen LogP contribution in [0, 0.1) is 0 Å². The zero-order valence-corrected chi connectivity index (χ0v) is 25.5. The highest BCUT2D eigenvalue weighted by Gasteiger charge is 2.83. The van der Waals surface area contributed by atoms with Crippen molar-refractivity contribution in [3.05, 3.63) is 71.2 Å². The van der Waals surface area contributed by atoms with Crippen LogP contribution in [-0.2, 0) is 12.8 Å². The normalized spacial score (nSPS) is 16.9. The first kappa shape index (κ1) is 34.8. The van der Waals surface area contributed by atoms with Gasteiger partial charge in [0.1, 0.15) is 11.5 Å². The summed E-state index contributed by atoms with van der Waals surface area (Å²) in [6, 6.07) is 11.8. The number of rotatable bonds is 20. The van der Waals surface area contributed by atoms with E-state index in [-0.39, 0.29) is 11.5 Å². The summed E-state index contributed by atoms with van der Waals surface area (Å²) in [5.74, 6) is -20.5. The summed E-state index contributed by atoms with van der Waals surface area (Å²) in [7, 11) is 0. The van der Waals surface area contributed by atoms with E-state index in [9.17, 15) is 26.3 Å². The third-order valence-electron chi connectivity index (χ3n) is 7.99. The average Bonchev–Trinajstić information content (AvgIpc) is 3.07. The van der Waals surface area contributed by atoms with Crippen LogP contribution in [0.5, 0.6) is 11.5 Å². The molecule has 0 amide bonds. The maximum absolute atomic E-state index is 14.8. The zero-order chi connectivity index (χ0) is 31.3. The van der Waals surface area contributed by atoms with Gasteiger partial charge in [0, 0.05) is 0 Å². The molecule has 0 aromatic heterocycles. The number of benzene rings is 2. The van der Waals surface area contributed by atoms with E-state index in [1.807, 2.05) is 0 Å². The highest BCUT2D eigenvalue weighted by Crippen LogP contribution is 2.59. The van der Waals surface area contributed by atoms with Crippen LogP contribution in [0.3, 0.4) is 0 Å². The summed E-state index contributed by atoms with van der Waals surface area (Å²) in [6.45, 7) is 4.33. The fourth-order valence-corrected chi connectivity index (χ4v) is 5.24. The van der Waals surface area contributed by atoms with Gasteiger partial charge < -0.3 is 9.47 Å². The Bertz CT molecular complexity index is 1040. The molecular weight excluding hydrogens is 566 g/mol. The third kappa shape index (κ3) is 9.18. The molecule has 0 aliphatic heterocycles. The molecule has 0 fully saturated rings. The van der Waals surface area contributed by atoms with E-state index in [2.05, 4.69) is 13.8 Å². The second kappa shape index (κ2) is 16.4. The van der Waals surface area contributed by atoms with Crippen molar-refractivity contribution in [1.29, 1.82) is 0 Å². The van der Waals surface area contributed by atoms with Gasteiger partial charge >= 0.3 is 17.8 Å². The van der Waals surface area contributed by atoms with Gasteiger partial charge in [0.15, 0.2) is 0 Å². The van der Waals surface area contributed by atoms with Gasteiger partial charge in [-0.3, -0.25) is 0 Å². The zero-order valence-electron chi connectivity index (χ0n) is 25.5. The molecule has 0 N–H and O–H groups in total. The van der Waals surface area contributed by atoms with Gasteiger partial charge in [-0.1, -0.05) is 115 Å². The fraction of sp³-hybridized carbons (Fsp3) is 0.600. The average molecular weight is 613 g/mol. The predicted octanol–water partition coefficient (Wildman–Crippen LogP) is 11.9. The molecule has 1 aliphatic carbocycles. The summed E-state index contributed by atoms with van der Waals surface area (Å²) in [5, 5.41) is 0. The van der Waals surface area contributed by atoms with E-state index in [0.717, 1.165) is 62.5 Å². The quantitative estimate of drug-likeness (QED) is 0.109. The van der Waals surface area contributed by atoms with Crippen molar-refractivity contribution in [2.45, 2.75) is 134 Å². The van der Waals surface area contributed by atoms with Crippen LogP contribution in [0.15, 0.2) is 60.0 Å². The minimum Gasteiger partial charge on any atom is -0.451 e. The summed E-state index contributed by atoms with van der Waals surface area (Å²) < 4.78 is 97.9. The number of hydrogen-bond acceptors (Lipinski definition) is 2. The van der Waals surface area contributed by atoms with Crippen LogP contribution in [0.4, 0.5) is 26.3 Å². The Labute approximate surface area is 252 Å². The van der Waals surface area contributed by atoms with Gasteiger partial charge in [-0.2, -0.15) is 26.3 Å². The number of hydrogen-bond donors (Lipinski definition) is 0. The molecule has 0 saturated carbocycles. The number of aryl methyl sites for hydroxylation is 2. The Hall–Kier alpha value is -2.64. The fourth-order valence-electron chi connectivity index (χ4n) is 5.24. The first-order valence-electron chi connectivity index (χ1n) is 16.0. The van der Waals surface area contributed by atoms with Gasteiger partial charge in [-0.25, -0.2) is 0 Å². The monoisotopic (exact) mass is 612 g/mol. The minimum absolute atomic E-state index is 0.252. The van der Waals surface area contributed by atoms with Crippen molar-refractivity contribution in [2.75, 3.05) is 0 Å². The number of halogens is 6. The molecule has 2 nitrogen and oxygen atoms in total. The van der Waals surface area contributed by atoms with Crippen molar-refractivity contribution >= 4 is 0 Å². The molecular formula is C35H46F6O2. The Morgan fingerprint density at radius 1 is 0.442 bits per heavy atom. The Kier molecular flexibility index (Phi) is 13.3. The maximum Gasteiger partial charge on any atom is 0.387 e. The lowest BCUT2D eigenvalue weighted by molar-refractivity contribution is -0.273. The molecule has 0 unspecified atom stereocenters. The van der Waals surface area contributed by atoms with Crippen LogP contribution in [-0.4, -0.2) is 17.8 Å². The molecule has 3 rings (SSSR count). The minimum atomic E-state index is -5.72. The lowest BCUT2D eigenvalue weighted by atomic mass is 10.0. The molecule has 8 heteroatoms. The molecule has 0 heterocycles. The van der Waals surface area contributed by atoms with Crippen molar-refractivity contribution < 1.29 is 35.8 Å². The molecule has 2 aromatic carbocycles. The van der Waals surface area contributed by atoms with E-state index < -0.39 is 29.3 Å². The Balaban J connectivity index is 1.65. The smallest absolute Gasteiger partial charge is 0.387 e. The Morgan fingerprint density at radius 3 is 1.07 bits per heavy atom. The number of ether oxygens (including phenoxy) is 2. The van der Waals surface area contributed by atoms with Crippen molar-refractivity contribution in [1.82, 2.24) is 0 Å². The lowest BCUT2D eigenvalue weighted by Crippen LogP contribution is -2.50.